The van der Waals surface area contributed by atoms with Crippen molar-refractivity contribution in [1.29, 1.82) is 0 Å². The standard InChI is InChI=1S/C39H66O8/c1-45-37-31-34(26-28-36(37)42)27-29-39(44)46-30-24-22-20-18-16-14-12-10-8-6-4-2-3-5-7-9-11-13-15-17-19-21-23-25-38(43)47-33-35(41)32-40/h26-29,31,35,40-42H,2-25,30,32-33H2,1H3/b29-27+/t35-/m1/s1. The molecular weight excluding hydrogens is 596 g/mol. The molecule has 0 radical (unpaired) electrons. The number of hydrogen-bond acceptors (Lipinski definition) is 8. The molecule has 1 aromatic carbocycles. The van der Waals surface area contributed by atoms with Crippen LogP contribution < -0.4 is 4.74 Å². The number of unbranched alkanes of at least 4 members (excludes halogenated alkanes) is 22. The number of aromatic hydroxyl groups is 1. The van der Waals surface area contributed by atoms with E-state index in [0.717, 1.165) is 37.7 Å². The van der Waals surface area contributed by atoms with Gasteiger partial charge in [0.25, 0.3) is 0 Å². The third-order valence-corrected chi connectivity index (χ3v) is 8.53. The van der Waals surface area contributed by atoms with E-state index in [1.54, 1.807) is 18.2 Å². The number of carbonyl (C=O) groups is 2. The summed E-state index contributed by atoms with van der Waals surface area (Å²) in [5.74, 6) is -0.192. The molecule has 0 amide bonds. The van der Waals surface area contributed by atoms with Crippen molar-refractivity contribution in [3.8, 4) is 11.5 Å². The number of methoxy groups -OCH3 is 1. The number of ether oxygens (including phenoxy) is 3. The van der Waals surface area contributed by atoms with Crippen LogP contribution in [0, 0.1) is 0 Å². The van der Waals surface area contributed by atoms with Crippen molar-refractivity contribution in [3.05, 3.63) is 29.8 Å². The number of phenols is 1. The molecule has 8 nitrogen and oxygen atoms in total. The fourth-order valence-corrected chi connectivity index (χ4v) is 5.58. The first-order chi connectivity index (χ1) is 23.0. The number of esters is 2. The predicted octanol–water partition coefficient (Wildman–Crippen LogP) is 9.22. The van der Waals surface area contributed by atoms with Gasteiger partial charge in [-0.05, 0) is 36.6 Å². The minimum atomic E-state index is -0.972. The smallest absolute Gasteiger partial charge is 0.330 e. The highest BCUT2D eigenvalue weighted by molar-refractivity contribution is 5.87. The minimum absolute atomic E-state index is 0.0702. The molecule has 0 spiro atoms. The van der Waals surface area contributed by atoms with Gasteiger partial charge in [0.05, 0.1) is 20.3 Å². The molecule has 0 aliphatic rings. The van der Waals surface area contributed by atoms with E-state index in [1.807, 2.05) is 0 Å². The molecule has 8 heteroatoms. The number of hydrogen-bond donors (Lipinski definition) is 3. The number of rotatable bonds is 32. The first-order valence-corrected chi connectivity index (χ1v) is 18.6. The van der Waals surface area contributed by atoms with Gasteiger partial charge in [-0.3, -0.25) is 4.79 Å². The van der Waals surface area contributed by atoms with E-state index in [9.17, 15) is 19.8 Å². The van der Waals surface area contributed by atoms with Crippen LogP contribution in [0.15, 0.2) is 24.3 Å². The van der Waals surface area contributed by atoms with Gasteiger partial charge in [-0.25, -0.2) is 4.79 Å². The van der Waals surface area contributed by atoms with Crippen molar-refractivity contribution in [2.24, 2.45) is 0 Å². The summed E-state index contributed by atoms with van der Waals surface area (Å²) < 4.78 is 15.3. The van der Waals surface area contributed by atoms with E-state index in [4.69, 9.17) is 19.3 Å². The molecule has 3 N–H and O–H groups in total. The van der Waals surface area contributed by atoms with Crippen molar-refractivity contribution in [2.45, 2.75) is 160 Å². The maximum atomic E-state index is 11.9. The summed E-state index contributed by atoms with van der Waals surface area (Å²) in [6.45, 7) is -0.0459. The second-order valence-corrected chi connectivity index (χ2v) is 12.8. The first-order valence-electron chi connectivity index (χ1n) is 18.6. The Hall–Kier alpha value is -2.58. The van der Waals surface area contributed by atoms with E-state index < -0.39 is 6.10 Å². The number of benzene rings is 1. The summed E-state index contributed by atoms with van der Waals surface area (Å²) in [5.41, 5.74) is 0.766. The van der Waals surface area contributed by atoms with Gasteiger partial charge in [0.2, 0.25) is 0 Å². The number of aliphatic hydroxyl groups is 2. The number of phenolic OH excluding ortho intramolecular Hbond substituents is 1. The third kappa shape index (κ3) is 26.1. The molecule has 1 rings (SSSR count). The van der Waals surface area contributed by atoms with Gasteiger partial charge in [-0.1, -0.05) is 141 Å². The highest BCUT2D eigenvalue weighted by atomic mass is 16.5. The lowest BCUT2D eigenvalue weighted by atomic mass is 10.0. The van der Waals surface area contributed by atoms with Crippen LogP contribution in [-0.4, -0.2) is 60.3 Å². The zero-order valence-corrected chi connectivity index (χ0v) is 29.4. The third-order valence-electron chi connectivity index (χ3n) is 8.53. The quantitative estimate of drug-likeness (QED) is 0.0396. The second kappa shape index (κ2) is 30.7. The van der Waals surface area contributed by atoms with Crippen molar-refractivity contribution < 1.29 is 39.1 Å². The number of aliphatic hydroxyl groups excluding tert-OH is 2. The van der Waals surface area contributed by atoms with Crippen LogP contribution in [0.5, 0.6) is 11.5 Å². The lowest BCUT2D eigenvalue weighted by molar-refractivity contribution is -0.147. The van der Waals surface area contributed by atoms with Crippen LogP contribution >= 0.6 is 0 Å². The Kier molecular flexibility index (Phi) is 27.8. The summed E-state index contributed by atoms with van der Waals surface area (Å²) >= 11 is 0. The average molecular weight is 663 g/mol. The Morgan fingerprint density at radius 3 is 1.57 bits per heavy atom. The topological polar surface area (TPSA) is 123 Å². The van der Waals surface area contributed by atoms with Crippen LogP contribution in [0.1, 0.15) is 160 Å². The Bertz CT molecular complexity index is 932. The highest BCUT2D eigenvalue weighted by Crippen LogP contribution is 2.26. The van der Waals surface area contributed by atoms with Crippen LogP contribution in [0.4, 0.5) is 0 Å². The molecule has 0 saturated carbocycles. The maximum absolute atomic E-state index is 11.9. The molecule has 0 aromatic heterocycles. The molecule has 1 atom stereocenters. The van der Waals surface area contributed by atoms with Crippen LogP contribution in [0.2, 0.25) is 0 Å². The molecule has 0 saturated heterocycles. The van der Waals surface area contributed by atoms with E-state index in [0.29, 0.717) is 18.8 Å². The molecule has 0 heterocycles. The van der Waals surface area contributed by atoms with Gasteiger partial charge in [0.15, 0.2) is 11.5 Å². The Morgan fingerprint density at radius 2 is 1.13 bits per heavy atom. The monoisotopic (exact) mass is 662 g/mol. The molecule has 0 aliphatic heterocycles. The number of carbonyl (C=O) groups excluding carboxylic acids is 2. The zero-order valence-electron chi connectivity index (χ0n) is 29.4. The van der Waals surface area contributed by atoms with Gasteiger partial charge in [0.1, 0.15) is 12.7 Å². The fraction of sp³-hybridized carbons (Fsp3) is 0.744. The molecule has 0 aliphatic carbocycles. The summed E-state index contributed by atoms with van der Waals surface area (Å²) in [7, 11) is 1.49. The van der Waals surface area contributed by atoms with Gasteiger partial charge in [-0.15, -0.1) is 0 Å². The lowest BCUT2D eigenvalue weighted by Crippen LogP contribution is -2.21. The molecule has 0 fully saturated rings. The molecule has 270 valence electrons. The lowest BCUT2D eigenvalue weighted by Gasteiger charge is -2.08. The summed E-state index contributed by atoms with van der Waals surface area (Å²) in [6, 6.07) is 4.92. The van der Waals surface area contributed by atoms with Crippen molar-refractivity contribution in [3.63, 3.8) is 0 Å². The summed E-state index contributed by atoms with van der Waals surface area (Å²) in [4.78, 5) is 23.4. The average Bonchev–Trinajstić information content (AvgIpc) is 3.08. The highest BCUT2D eigenvalue weighted by Gasteiger charge is 2.07. The van der Waals surface area contributed by atoms with Crippen molar-refractivity contribution in [2.75, 3.05) is 26.9 Å². The summed E-state index contributed by atoms with van der Waals surface area (Å²) in [5, 5.41) is 27.5. The van der Waals surface area contributed by atoms with E-state index >= 15 is 0 Å². The molecule has 0 bridgehead atoms. The molecule has 47 heavy (non-hydrogen) atoms. The second-order valence-electron chi connectivity index (χ2n) is 12.8. The maximum Gasteiger partial charge on any atom is 0.330 e. The van der Waals surface area contributed by atoms with Gasteiger partial charge in [-0.2, -0.15) is 0 Å². The van der Waals surface area contributed by atoms with E-state index in [1.165, 1.54) is 135 Å². The Balaban J connectivity index is 1.74. The summed E-state index contributed by atoms with van der Waals surface area (Å²) in [6.07, 6.45) is 31.5. The van der Waals surface area contributed by atoms with Crippen LogP contribution in [0.25, 0.3) is 6.08 Å². The van der Waals surface area contributed by atoms with Gasteiger partial charge in [0, 0.05) is 12.5 Å². The van der Waals surface area contributed by atoms with E-state index in [-0.39, 0.29) is 30.9 Å². The van der Waals surface area contributed by atoms with Crippen LogP contribution in [-0.2, 0) is 19.1 Å². The molecule has 0 unspecified atom stereocenters. The fourth-order valence-electron chi connectivity index (χ4n) is 5.58. The van der Waals surface area contributed by atoms with E-state index in [2.05, 4.69) is 0 Å². The molecular formula is C39H66O8. The largest absolute Gasteiger partial charge is 0.504 e. The van der Waals surface area contributed by atoms with Crippen molar-refractivity contribution >= 4 is 18.0 Å². The van der Waals surface area contributed by atoms with Crippen LogP contribution in [0.3, 0.4) is 0 Å². The Labute approximate surface area is 285 Å². The van der Waals surface area contributed by atoms with Gasteiger partial charge < -0.3 is 29.5 Å². The van der Waals surface area contributed by atoms with Gasteiger partial charge >= 0.3 is 11.9 Å². The molecule has 1 aromatic rings. The van der Waals surface area contributed by atoms with Crippen molar-refractivity contribution in [1.82, 2.24) is 0 Å². The normalized spacial score (nSPS) is 12.0. The zero-order chi connectivity index (χ0) is 34.2. The minimum Gasteiger partial charge on any atom is -0.504 e. The predicted molar refractivity (Wildman–Crippen MR) is 190 cm³/mol. The SMILES string of the molecule is COc1cc(/C=C/C(=O)OCCCCCCCCCCCCCCCCCCCCCCCCCC(=O)OC[C@H](O)CO)ccc1O. The Morgan fingerprint density at radius 1 is 0.681 bits per heavy atom. The first kappa shape index (κ1) is 42.4.